The first-order chi connectivity index (χ1) is 7.59. The number of nitrogens with zero attached hydrogens (tertiary/aromatic N) is 1. The summed E-state index contributed by atoms with van der Waals surface area (Å²) in [6.07, 6.45) is 1.23. The molecule has 16 heavy (non-hydrogen) atoms. The summed E-state index contributed by atoms with van der Waals surface area (Å²) in [4.78, 5) is 15.2. The van der Waals surface area contributed by atoms with Crippen LogP contribution in [0.25, 0.3) is 0 Å². The molecule has 1 amide bonds. The highest BCUT2D eigenvalue weighted by Crippen LogP contribution is 2.28. The van der Waals surface area contributed by atoms with E-state index >= 15 is 0 Å². The number of hydrogen-bond acceptors (Lipinski definition) is 2. The van der Waals surface area contributed by atoms with E-state index in [1.807, 2.05) is 22.4 Å². The number of carbonyl (C=O) groups excluding carboxylic acids is 1. The third kappa shape index (κ3) is 2.14. The molecule has 0 bridgehead atoms. The molecule has 0 saturated carbocycles. The van der Waals surface area contributed by atoms with Crippen LogP contribution < -0.4 is 0 Å². The summed E-state index contributed by atoms with van der Waals surface area (Å²) in [5.74, 6) is 1.43. The molecule has 0 N–H and O–H groups in total. The summed E-state index contributed by atoms with van der Waals surface area (Å²) < 4.78 is 0. The lowest BCUT2D eigenvalue weighted by Gasteiger charge is -2.40. The Hall–Kier alpha value is -0.830. The van der Waals surface area contributed by atoms with Crippen LogP contribution in [-0.2, 0) is 0 Å². The molecular weight excluding hydrogens is 218 g/mol. The Morgan fingerprint density at radius 1 is 1.44 bits per heavy atom. The van der Waals surface area contributed by atoms with Crippen molar-refractivity contribution >= 4 is 17.2 Å². The Morgan fingerprint density at radius 3 is 2.81 bits per heavy atom. The van der Waals surface area contributed by atoms with Gasteiger partial charge in [-0.2, -0.15) is 0 Å². The molecule has 1 aromatic heterocycles. The normalized spacial score (nSPS) is 30.4. The molecule has 3 atom stereocenters. The van der Waals surface area contributed by atoms with Crippen LogP contribution in [0.5, 0.6) is 0 Å². The maximum absolute atomic E-state index is 12.3. The highest BCUT2D eigenvalue weighted by Gasteiger charge is 2.32. The predicted octanol–water partition coefficient (Wildman–Crippen LogP) is 3.25. The largest absolute Gasteiger partial charge is 0.335 e. The van der Waals surface area contributed by atoms with Gasteiger partial charge in [0.1, 0.15) is 0 Å². The van der Waals surface area contributed by atoms with Crippen LogP contribution in [0.15, 0.2) is 17.5 Å². The molecule has 1 aliphatic rings. The third-order valence-electron chi connectivity index (χ3n) is 3.59. The van der Waals surface area contributed by atoms with Crippen molar-refractivity contribution in [2.24, 2.45) is 11.8 Å². The van der Waals surface area contributed by atoms with Gasteiger partial charge in [-0.15, -0.1) is 11.3 Å². The van der Waals surface area contributed by atoms with Crippen molar-refractivity contribution in [2.45, 2.75) is 33.2 Å². The second-order valence-electron chi connectivity index (χ2n) is 4.99. The lowest BCUT2D eigenvalue weighted by molar-refractivity contribution is 0.0460. The number of likely N-dealkylation sites (tertiary alicyclic amines) is 1. The van der Waals surface area contributed by atoms with E-state index in [2.05, 4.69) is 20.8 Å². The Bertz CT molecular complexity index is 360. The van der Waals surface area contributed by atoms with E-state index in [0.29, 0.717) is 17.9 Å². The summed E-state index contributed by atoms with van der Waals surface area (Å²) in [7, 11) is 0. The molecule has 2 rings (SSSR count). The Kier molecular flexibility index (Phi) is 3.33. The van der Waals surface area contributed by atoms with Crippen LogP contribution in [0.1, 0.15) is 36.9 Å². The minimum atomic E-state index is 0.209. The zero-order valence-electron chi connectivity index (χ0n) is 10.1. The second kappa shape index (κ2) is 4.58. The van der Waals surface area contributed by atoms with E-state index in [1.54, 1.807) is 0 Å². The summed E-state index contributed by atoms with van der Waals surface area (Å²) >= 11 is 1.54. The first kappa shape index (κ1) is 11.6. The summed E-state index contributed by atoms with van der Waals surface area (Å²) in [6.45, 7) is 7.55. The molecule has 1 fully saturated rings. The van der Waals surface area contributed by atoms with Crippen LogP contribution in [-0.4, -0.2) is 23.4 Å². The molecule has 2 nitrogen and oxygen atoms in total. The van der Waals surface area contributed by atoms with Gasteiger partial charge in [0.2, 0.25) is 0 Å². The van der Waals surface area contributed by atoms with Gasteiger partial charge < -0.3 is 4.90 Å². The molecule has 1 aromatic rings. The summed E-state index contributed by atoms with van der Waals surface area (Å²) in [5.41, 5.74) is 0. The number of carbonyl (C=O) groups is 1. The molecule has 0 radical (unpaired) electrons. The van der Waals surface area contributed by atoms with Crippen molar-refractivity contribution in [2.75, 3.05) is 6.54 Å². The maximum Gasteiger partial charge on any atom is 0.264 e. The lowest BCUT2D eigenvalue weighted by Crippen LogP contribution is -2.48. The maximum atomic E-state index is 12.3. The van der Waals surface area contributed by atoms with Gasteiger partial charge in [0.25, 0.3) is 5.91 Å². The molecule has 1 aliphatic heterocycles. The van der Waals surface area contributed by atoms with Gasteiger partial charge in [0.15, 0.2) is 0 Å². The fraction of sp³-hybridized carbons (Fsp3) is 0.615. The molecule has 1 saturated heterocycles. The van der Waals surface area contributed by atoms with E-state index < -0.39 is 0 Å². The second-order valence-corrected chi connectivity index (χ2v) is 5.94. The first-order valence-electron chi connectivity index (χ1n) is 5.94. The molecule has 0 aromatic carbocycles. The number of piperidine rings is 1. The van der Waals surface area contributed by atoms with Crippen molar-refractivity contribution in [3.8, 4) is 0 Å². The third-order valence-corrected chi connectivity index (χ3v) is 4.45. The zero-order chi connectivity index (χ0) is 11.7. The van der Waals surface area contributed by atoms with E-state index in [9.17, 15) is 4.79 Å². The predicted molar refractivity (Wildman–Crippen MR) is 67.8 cm³/mol. The van der Waals surface area contributed by atoms with Crippen molar-refractivity contribution in [3.63, 3.8) is 0 Å². The highest BCUT2D eigenvalue weighted by atomic mass is 32.1. The molecule has 0 spiro atoms. The summed E-state index contributed by atoms with van der Waals surface area (Å²) in [5, 5.41) is 1.97. The molecule has 88 valence electrons. The van der Waals surface area contributed by atoms with Gasteiger partial charge in [0.05, 0.1) is 4.88 Å². The molecule has 2 heterocycles. The topological polar surface area (TPSA) is 20.3 Å². The van der Waals surface area contributed by atoms with Gasteiger partial charge >= 0.3 is 0 Å². The van der Waals surface area contributed by atoms with Crippen LogP contribution in [0.4, 0.5) is 0 Å². The fourth-order valence-electron chi connectivity index (χ4n) is 2.53. The summed E-state index contributed by atoms with van der Waals surface area (Å²) in [6, 6.07) is 4.23. The van der Waals surface area contributed by atoms with Crippen LogP contribution >= 0.6 is 11.3 Å². The standard InChI is InChI=1S/C13H19NOS/c1-9-7-10(2)11(3)14(8-9)13(15)12-5-4-6-16-12/h4-6,9-11H,7-8H2,1-3H3. The Morgan fingerprint density at radius 2 is 2.19 bits per heavy atom. The lowest BCUT2D eigenvalue weighted by atomic mass is 9.86. The van der Waals surface area contributed by atoms with Gasteiger partial charge in [-0.3, -0.25) is 4.79 Å². The number of hydrogen-bond donors (Lipinski definition) is 0. The molecule has 0 aliphatic carbocycles. The monoisotopic (exact) mass is 237 g/mol. The van der Waals surface area contributed by atoms with Gasteiger partial charge in [-0.25, -0.2) is 0 Å². The Labute approximate surface area is 101 Å². The molecule has 3 unspecified atom stereocenters. The van der Waals surface area contributed by atoms with Crippen LogP contribution in [0.3, 0.4) is 0 Å². The molecular formula is C13H19NOS. The van der Waals surface area contributed by atoms with E-state index in [1.165, 1.54) is 17.8 Å². The van der Waals surface area contributed by atoms with Gasteiger partial charge in [0, 0.05) is 12.6 Å². The minimum absolute atomic E-state index is 0.209. The van der Waals surface area contributed by atoms with Crippen molar-refractivity contribution in [3.05, 3.63) is 22.4 Å². The molecule has 3 heteroatoms. The van der Waals surface area contributed by atoms with E-state index in [-0.39, 0.29) is 5.91 Å². The van der Waals surface area contributed by atoms with Crippen LogP contribution in [0, 0.1) is 11.8 Å². The first-order valence-corrected chi connectivity index (χ1v) is 6.82. The van der Waals surface area contributed by atoms with Crippen molar-refractivity contribution < 1.29 is 4.79 Å². The number of amides is 1. The SMILES string of the molecule is CC1CC(C)C(C)N(C(=O)c2cccs2)C1. The minimum Gasteiger partial charge on any atom is -0.335 e. The average molecular weight is 237 g/mol. The number of rotatable bonds is 1. The van der Waals surface area contributed by atoms with Gasteiger partial charge in [-0.1, -0.05) is 19.9 Å². The van der Waals surface area contributed by atoms with Crippen molar-refractivity contribution in [1.82, 2.24) is 4.90 Å². The zero-order valence-corrected chi connectivity index (χ0v) is 11.0. The quantitative estimate of drug-likeness (QED) is 0.734. The van der Waals surface area contributed by atoms with Crippen LogP contribution in [0.2, 0.25) is 0 Å². The smallest absolute Gasteiger partial charge is 0.264 e. The average Bonchev–Trinajstić information content (AvgIpc) is 2.75. The highest BCUT2D eigenvalue weighted by molar-refractivity contribution is 7.12. The van der Waals surface area contributed by atoms with E-state index in [4.69, 9.17) is 0 Å². The van der Waals surface area contributed by atoms with Crippen molar-refractivity contribution in [1.29, 1.82) is 0 Å². The fourth-order valence-corrected chi connectivity index (χ4v) is 3.20. The Balaban J connectivity index is 2.16. The van der Waals surface area contributed by atoms with E-state index in [0.717, 1.165) is 11.4 Å². The van der Waals surface area contributed by atoms with Gasteiger partial charge in [-0.05, 0) is 36.6 Å². The number of thiophene rings is 1.